The fourth-order valence-electron chi connectivity index (χ4n) is 20.5. The minimum absolute atomic E-state index is 0.883. The molecule has 0 bridgehead atoms. The van der Waals surface area contributed by atoms with Crippen molar-refractivity contribution in [2.24, 2.45) is 71.0 Å². The molecule has 2 heterocycles. The summed E-state index contributed by atoms with van der Waals surface area (Å²) in [6.45, 7) is 9.96. The number of nitrogens with zero attached hydrogens (tertiary/aromatic N) is 2. The first kappa shape index (κ1) is 54.0. The van der Waals surface area contributed by atoms with Gasteiger partial charge in [0.25, 0.3) is 0 Å². The van der Waals surface area contributed by atoms with E-state index < -0.39 is 0 Å². The molecule has 0 radical (unpaired) electrons. The largest absolute Gasteiger partial charge is 0.294 e. The lowest BCUT2D eigenvalue weighted by atomic mass is 9.42. The molecule has 8 saturated carbocycles. The van der Waals surface area contributed by atoms with Gasteiger partial charge in [0.05, 0.1) is 0 Å². The molecule has 10 rings (SSSR count). The second-order valence-corrected chi connectivity index (χ2v) is 30.9. The van der Waals surface area contributed by atoms with Gasteiger partial charge in [-0.3, -0.25) is 9.80 Å². The Balaban J connectivity index is 0.935. The van der Waals surface area contributed by atoms with Gasteiger partial charge in [-0.2, -0.15) is 23.5 Å². The van der Waals surface area contributed by atoms with Crippen molar-refractivity contribution in [3.05, 3.63) is 0 Å². The van der Waals surface area contributed by atoms with Crippen LogP contribution >= 0.6 is 23.5 Å². The lowest BCUT2D eigenvalue weighted by Gasteiger charge is -2.68. The van der Waals surface area contributed by atoms with E-state index in [-0.39, 0.29) is 0 Å². The predicted octanol–water partition coefficient (Wildman–Crippen LogP) is 19.2. The zero-order valence-electron chi connectivity index (χ0n) is 47.0. The first-order chi connectivity index (χ1) is 34.5. The van der Waals surface area contributed by atoms with Crippen molar-refractivity contribution in [1.82, 2.24) is 9.80 Å². The molecule has 2 saturated heterocycles. The van der Waals surface area contributed by atoms with E-state index in [0.29, 0.717) is 0 Å². The Hall–Kier alpha value is 0.620. The van der Waals surface area contributed by atoms with Crippen LogP contribution in [0.2, 0.25) is 0 Å². The fourth-order valence-corrected chi connectivity index (χ4v) is 23.6. The van der Waals surface area contributed by atoms with E-state index in [1.54, 1.807) is 116 Å². The summed E-state index contributed by atoms with van der Waals surface area (Å²) in [5.41, 5.74) is 0. The quantitative estimate of drug-likeness (QED) is 0.0997. The van der Waals surface area contributed by atoms with Crippen molar-refractivity contribution in [2.75, 3.05) is 11.5 Å². The fraction of sp³-hybridized carbons (Fsp3) is 1.00. The molecule has 10 fully saturated rings. The van der Waals surface area contributed by atoms with Crippen LogP contribution in [0.5, 0.6) is 0 Å². The summed E-state index contributed by atoms with van der Waals surface area (Å²) in [6.07, 6.45) is 61.0. The summed E-state index contributed by atoms with van der Waals surface area (Å²) in [5.74, 6) is 15.0. The van der Waals surface area contributed by atoms with Gasteiger partial charge in [0.1, 0.15) is 0 Å². The zero-order valence-corrected chi connectivity index (χ0v) is 48.6. The average Bonchev–Trinajstić information content (AvgIpc) is 4.15. The molecule has 10 aliphatic rings. The third kappa shape index (κ3) is 12.8. The molecule has 4 heteroatoms. The van der Waals surface area contributed by atoms with E-state index in [0.717, 1.165) is 118 Å². The van der Waals surface area contributed by atoms with Crippen molar-refractivity contribution in [3.8, 4) is 0 Å². The monoisotopic (exact) mass is 1000 g/mol. The summed E-state index contributed by atoms with van der Waals surface area (Å²) in [5, 5.41) is 1.94. The van der Waals surface area contributed by atoms with Gasteiger partial charge in [0, 0.05) is 46.8 Å². The maximum Gasteiger partial charge on any atom is 0.0135 e. The van der Waals surface area contributed by atoms with Crippen LogP contribution in [0.25, 0.3) is 0 Å². The maximum absolute atomic E-state index is 3.54. The molecule has 2 nitrogen and oxygen atoms in total. The lowest BCUT2D eigenvalue weighted by molar-refractivity contribution is -0.177. The molecule has 0 amide bonds. The van der Waals surface area contributed by atoms with Crippen molar-refractivity contribution in [2.45, 2.75) is 331 Å². The molecule has 70 heavy (non-hydrogen) atoms. The standard InChI is InChI=1S/C66H116N2S2/c1-5-7-9-11-13-15-19-49-27-35-53(36-28-49)67(51-31-23-47(3)24-32-51)61-45-59(63-21-17-43-69-63)55-40-42-58-62(46-60(64-22-18-44-70-64)56-39-41-57(61)65(55)66(56)58)68(52-33-25-48(4)26-34-52)54-37-29-50(30-38-54)20-16-14-12-10-8-6-2/h47-66H,5-46H2,1-4H3. The molecule has 0 aromatic carbocycles. The predicted molar refractivity (Wildman–Crippen MR) is 308 cm³/mol. The maximum atomic E-state index is 3.54. The Labute approximate surface area is 444 Å². The number of thioether (sulfide) groups is 2. The Morgan fingerprint density at radius 1 is 0.343 bits per heavy atom. The molecule has 0 N–H and O–H groups in total. The molecule has 8 aliphatic carbocycles. The third-order valence-electron chi connectivity index (χ3n) is 24.1. The van der Waals surface area contributed by atoms with Crippen LogP contribution in [0.15, 0.2) is 0 Å². The first-order valence-corrected chi connectivity index (χ1v) is 35.4. The van der Waals surface area contributed by atoms with Gasteiger partial charge in [0.2, 0.25) is 0 Å². The second-order valence-electron chi connectivity index (χ2n) is 28.2. The van der Waals surface area contributed by atoms with Gasteiger partial charge < -0.3 is 0 Å². The summed E-state index contributed by atoms with van der Waals surface area (Å²) in [4.78, 5) is 7.07. The number of hydrogen-bond donors (Lipinski definition) is 0. The van der Waals surface area contributed by atoms with Gasteiger partial charge in [-0.1, -0.05) is 118 Å². The highest BCUT2D eigenvalue weighted by Crippen LogP contribution is 2.67. The summed E-state index contributed by atoms with van der Waals surface area (Å²) < 4.78 is 0. The number of unbranched alkanes of at least 4 members (excludes halogenated alkanes) is 10. The van der Waals surface area contributed by atoms with Crippen LogP contribution in [-0.2, 0) is 0 Å². The van der Waals surface area contributed by atoms with E-state index in [1.165, 1.54) is 153 Å². The van der Waals surface area contributed by atoms with Gasteiger partial charge in [-0.25, -0.2) is 0 Å². The third-order valence-corrected chi connectivity index (χ3v) is 27.2. The van der Waals surface area contributed by atoms with Gasteiger partial charge in [-0.05, 0) is 249 Å². The van der Waals surface area contributed by atoms with Crippen molar-refractivity contribution >= 4 is 23.5 Å². The second kappa shape index (κ2) is 26.8. The molecule has 402 valence electrons. The van der Waals surface area contributed by atoms with E-state index in [4.69, 9.17) is 0 Å². The van der Waals surface area contributed by atoms with Crippen LogP contribution < -0.4 is 0 Å². The Bertz CT molecular complexity index is 1360. The van der Waals surface area contributed by atoms with Crippen LogP contribution in [-0.4, -0.2) is 68.1 Å². The Morgan fingerprint density at radius 3 is 1.04 bits per heavy atom. The van der Waals surface area contributed by atoms with Crippen LogP contribution in [0.1, 0.15) is 285 Å². The van der Waals surface area contributed by atoms with Crippen molar-refractivity contribution in [3.63, 3.8) is 0 Å². The van der Waals surface area contributed by atoms with E-state index in [1.807, 2.05) is 0 Å². The highest BCUT2D eigenvalue weighted by atomic mass is 32.2. The van der Waals surface area contributed by atoms with E-state index in [2.05, 4.69) is 61.0 Å². The van der Waals surface area contributed by atoms with Gasteiger partial charge >= 0.3 is 0 Å². The van der Waals surface area contributed by atoms with E-state index in [9.17, 15) is 0 Å². The molecule has 0 aromatic rings. The summed E-state index contributed by atoms with van der Waals surface area (Å²) >= 11 is 4.99. The van der Waals surface area contributed by atoms with Gasteiger partial charge in [-0.15, -0.1) is 0 Å². The molecule has 2 aliphatic heterocycles. The van der Waals surface area contributed by atoms with E-state index >= 15 is 0 Å². The summed E-state index contributed by atoms with van der Waals surface area (Å²) in [6, 6.07) is 5.32. The number of hydrogen-bond acceptors (Lipinski definition) is 4. The summed E-state index contributed by atoms with van der Waals surface area (Å²) in [7, 11) is 0. The molecule has 12 unspecified atom stereocenters. The van der Waals surface area contributed by atoms with Crippen molar-refractivity contribution in [1.29, 1.82) is 0 Å². The first-order valence-electron chi connectivity index (χ1n) is 33.3. The average molecular weight is 1000 g/mol. The molecule has 0 spiro atoms. The molecule has 0 aromatic heterocycles. The van der Waals surface area contributed by atoms with Crippen LogP contribution in [0.4, 0.5) is 0 Å². The minimum atomic E-state index is 0.883. The minimum Gasteiger partial charge on any atom is -0.294 e. The molecule has 12 atom stereocenters. The normalized spacial score (nSPS) is 44.5. The smallest absolute Gasteiger partial charge is 0.0135 e. The Kier molecular flexibility index (Phi) is 20.7. The number of rotatable bonds is 22. The zero-order chi connectivity index (χ0) is 47.8. The SMILES string of the molecule is CCCCCCCCC1CCC(N(C2CCC(C)CC2)C2CC(C3CCCS3)C3CCC4C5C(CCC2C35)C(C2CCCS2)CC4N(C2CCC(C)CC2)C2CCC(CCCCCCCC)CC2)CC1. The molecular formula is C66H116N2S2. The highest BCUT2D eigenvalue weighted by molar-refractivity contribution is 8.00. The topological polar surface area (TPSA) is 6.48 Å². The Morgan fingerprint density at radius 2 is 0.686 bits per heavy atom. The highest BCUT2D eigenvalue weighted by Gasteiger charge is 2.63. The van der Waals surface area contributed by atoms with Gasteiger partial charge in [0.15, 0.2) is 0 Å². The van der Waals surface area contributed by atoms with Crippen LogP contribution in [0, 0.1) is 71.0 Å². The lowest BCUT2D eigenvalue weighted by Crippen LogP contribution is -2.67. The van der Waals surface area contributed by atoms with Crippen molar-refractivity contribution < 1.29 is 0 Å². The molecular weight excluding hydrogens is 885 g/mol. The van der Waals surface area contributed by atoms with Crippen LogP contribution in [0.3, 0.4) is 0 Å².